The van der Waals surface area contributed by atoms with E-state index in [9.17, 15) is 26.4 Å². The minimum atomic E-state index is -4.69. The summed E-state index contributed by atoms with van der Waals surface area (Å²) in [5.41, 5.74) is 1.13. The molecule has 14 heteroatoms. The number of ether oxygens (including phenoxy) is 1. The van der Waals surface area contributed by atoms with Crippen molar-refractivity contribution in [2.24, 2.45) is 0 Å². The molecule has 0 spiro atoms. The Kier molecular flexibility index (Phi) is 8.63. The van der Waals surface area contributed by atoms with E-state index < -0.39 is 27.1 Å². The lowest BCUT2D eigenvalue weighted by Crippen LogP contribution is -2.51. The summed E-state index contributed by atoms with van der Waals surface area (Å²) in [5.74, 6) is -0.198. The van der Waals surface area contributed by atoms with Crippen LogP contribution in [-0.2, 0) is 27.3 Å². The second-order valence-electron chi connectivity index (χ2n) is 10.3. The van der Waals surface area contributed by atoms with E-state index in [0.29, 0.717) is 19.1 Å². The van der Waals surface area contributed by atoms with Crippen LogP contribution in [0.2, 0.25) is 5.02 Å². The number of halogens is 4. The highest BCUT2D eigenvalue weighted by Crippen LogP contribution is 2.35. The SMILES string of the molecule is CCS(=O)(=O)c1ccc(Cl)cc1Nn1cnc2cc(CN3CCN(C4CCOCC4)CC3)c(C(F)(F)F)cc2c1=O. The van der Waals surface area contributed by atoms with Crippen molar-refractivity contribution in [2.45, 2.75) is 43.4 Å². The Balaban J connectivity index is 1.43. The first-order valence-corrected chi connectivity index (χ1v) is 15.4. The normalized spacial score (nSPS) is 18.2. The first kappa shape index (κ1) is 29.8. The highest BCUT2D eigenvalue weighted by Gasteiger charge is 2.35. The summed E-state index contributed by atoms with van der Waals surface area (Å²) in [7, 11) is -3.70. The van der Waals surface area contributed by atoms with E-state index in [-0.39, 0.29) is 44.4 Å². The van der Waals surface area contributed by atoms with Crippen LogP contribution < -0.4 is 11.0 Å². The number of piperazine rings is 1. The Morgan fingerprint density at radius 1 is 1.10 bits per heavy atom. The van der Waals surface area contributed by atoms with Gasteiger partial charge in [-0.2, -0.15) is 13.2 Å². The van der Waals surface area contributed by atoms with E-state index in [1.54, 1.807) is 0 Å². The quantitative estimate of drug-likeness (QED) is 0.427. The fourth-order valence-electron chi connectivity index (χ4n) is 5.41. The van der Waals surface area contributed by atoms with Crippen LogP contribution in [0.15, 0.2) is 46.3 Å². The Bertz CT molecular complexity index is 1580. The maximum atomic E-state index is 14.2. The maximum Gasteiger partial charge on any atom is 0.416 e. The monoisotopic (exact) mass is 613 g/mol. The van der Waals surface area contributed by atoms with Crippen LogP contribution in [0.3, 0.4) is 0 Å². The van der Waals surface area contributed by atoms with Gasteiger partial charge in [0.05, 0.1) is 32.8 Å². The minimum absolute atomic E-state index is 0.00941. The smallest absolute Gasteiger partial charge is 0.381 e. The maximum absolute atomic E-state index is 14.2. The zero-order valence-electron chi connectivity index (χ0n) is 22.5. The molecule has 3 aromatic rings. The van der Waals surface area contributed by atoms with Gasteiger partial charge in [0, 0.05) is 57.0 Å². The van der Waals surface area contributed by atoms with E-state index in [2.05, 4.69) is 15.3 Å². The Morgan fingerprint density at radius 3 is 2.46 bits per heavy atom. The molecule has 0 bridgehead atoms. The Hall–Kier alpha value is -2.71. The summed E-state index contributed by atoms with van der Waals surface area (Å²) in [6.45, 7) is 5.83. The van der Waals surface area contributed by atoms with Crippen LogP contribution in [0.25, 0.3) is 10.9 Å². The van der Waals surface area contributed by atoms with Crippen LogP contribution in [0.5, 0.6) is 0 Å². The topological polar surface area (TPSA) is 96.8 Å². The van der Waals surface area contributed by atoms with Crippen molar-refractivity contribution in [1.82, 2.24) is 19.5 Å². The van der Waals surface area contributed by atoms with Gasteiger partial charge in [0.2, 0.25) is 0 Å². The molecule has 2 saturated heterocycles. The van der Waals surface area contributed by atoms with Crippen LogP contribution in [0.1, 0.15) is 30.9 Å². The van der Waals surface area contributed by atoms with Crippen molar-refractivity contribution in [2.75, 3.05) is 50.6 Å². The molecule has 3 heterocycles. The summed E-state index contributed by atoms with van der Waals surface area (Å²) in [4.78, 5) is 21.8. The molecule has 9 nitrogen and oxygen atoms in total. The third-order valence-corrected chi connectivity index (χ3v) is 9.72. The number of benzene rings is 2. The predicted octanol–water partition coefficient (Wildman–Crippen LogP) is 4.03. The molecule has 222 valence electrons. The van der Waals surface area contributed by atoms with Crippen LogP contribution >= 0.6 is 11.6 Å². The minimum Gasteiger partial charge on any atom is -0.381 e. The standard InChI is InChI=1S/C27H31ClF3N5O4S/c1-2-41(38,39)25-4-3-19(28)14-24(25)33-36-17-32-23-13-18(22(27(29,30)31)15-21(23)26(36)37)16-34-7-9-35(10-8-34)20-5-11-40-12-6-20/h3-4,13-15,17,20,33H,2,5-12,16H2,1H3. The molecule has 0 aliphatic carbocycles. The molecule has 2 aromatic carbocycles. The van der Waals surface area contributed by atoms with Gasteiger partial charge >= 0.3 is 6.18 Å². The van der Waals surface area contributed by atoms with Crippen molar-refractivity contribution in [3.8, 4) is 0 Å². The molecular weight excluding hydrogens is 583 g/mol. The number of aromatic nitrogens is 2. The number of sulfone groups is 1. The fourth-order valence-corrected chi connectivity index (χ4v) is 6.61. The number of anilines is 1. The van der Waals surface area contributed by atoms with Gasteiger partial charge in [-0.05, 0) is 48.7 Å². The number of alkyl halides is 3. The van der Waals surface area contributed by atoms with Crippen molar-refractivity contribution in [3.63, 3.8) is 0 Å². The van der Waals surface area contributed by atoms with Crippen LogP contribution in [-0.4, -0.2) is 79.1 Å². The highest BCUT2D eigenvalue weighted by molar-refractivity contribution is 7.91. The second-order valence-corrected chi connectivity index (χ2v) is 12.9. The lowest BCUT2D eigenvalue weighted by Gasteiger charge is -2.40. The molecule has 0 saturated carbocycles. The van der Waals surface area contributed by atoms with Gasteiger partial charge in [-0.25, -0.2) is 18.1 Å². The molecule has 0 unspecified atom stereocenters. The van der Waals surface area contributed by atoms with Gasteiger partial charge in [-0.15, -0.1) is 0 Å². The molecule has 0 amide bonds. The first-order valence-electron chi connectivity index (χ1n) is 13.4. The average molecular weight is 614 g/mol. The molecule has 5 rings (SSSR count). The van der Waals surface area contributed by atoms with E-state index in [1.807, 2.05) is 4.90 Å². The van der Waals surface area contributed by atoms with E-state index in [1.165, 1.54) is 31.2 Å². The number of nitrogens with one attached hydrogen (secondary N) is 1. The lowest BCUT2D eigenvalue weighted by atomic mass is 10.0. The van der Waals surface area contributed by atoms with Crippen molar-refractivity contribution >= 4 is 38.0 Å². The van der Waals surface area contributed by atoms with Crippen LogP contribution in [0.4, 0.5) is 18.9 Å². The molecule has 2 fully saturated rings. The second kappa shape index (κ2) is 11.9. The molecule has 2 aliphatic heterocycles. The van der Waals surface area contributed by atoms with E-state index >= 15 is 0 Å². The van der Waals surface area contributed by atoms with Gasteiger partial charge in [0.1, 0.15) is 6.33 Å². The van der Waals surface area contributed by atoms with Gasteiger partial charge in [0.15, 0.2) is 9.84 Å². The van der Waals surface area contributed by atoms with Gasteiger partial charge in [0.25, 0.3) is 5.56 Å². The molecule has 0 atom stereocenters. The van der Waals surface area contributed by atoms with Crippen molar-refractivity contribution in [3.05, 3.63) is 63.2 Å². The Morgan fingerprint density at radius 2 is 1.80 bits per heavy atom. The summed E-state index contributed by atoms with van der Waals surface area (Å²) >= 11 is 6.05. The van der Waals surface area contributed by atoms with Gasteiger partial charge in [-0.3, -0.25) is 20.0 Å². The summed E-state index contributed by atoms with van der Waals surface area (Å²) in [5, 5.41) is -0.0377. The molecule has 41 heavy (non-hydrogen) atoms. The zero-order valence-corrected chi connectivity index (χ0v) is 24.0. The summed E-state index contributed by atoms with van der Waals surface area (Å²) in [6.07, 6.45) is -1.64. The molecule has 0 radical (unpaired) electrons. The molecular formula is C27H31ClF3N5O4S. The van der Waals surface area contributed by atoms with Crippen LogP contribution in [0, 0.1) is 0 Å². The van der Waals surface area contributed by atoms with Gasteiger partial charge in [-0.1, -0.05) is 18.5 Å². The number of rotatable bonds is 7. The fraction of sp³-hybridized carbons (Fsp3) is 0.481. The highest BCUT2D eigenvalue weighted by atomic mass is 35.5. The third-order valence-electron chi connectivity index (χ3n) is 7.69. The third kappa shape index (κ3) is 6.54. The number of fused-ring (bicyclic) bond motifs is 1. The number of hydrogen-bond donors (Lipinski definition) is 1. The lowest BCUT2D eigenvalue weighted by molar-refractivity contribution is -0.138. The van der Waals surface area contributed by atoms with Gasteiger partial charge < -0.3 is 4.74 Å². The number of hydrogen-bond acceptors (Lipinski definition) is 8. The molecule has 2 aliphatic rings. The van der Waals surface area contributed by atoms with Crippen molar-refractivity contribution < 1.29 is 26.3 Å². The first-order chi connectivity index (χ1) is 19.5. The summed E-state index contributed by atoms with van der Waals surface area (Å²) < 4.78 is 74.1. The van der Waals surface area contributed by atoms with E-state index in [0.717, 1.165) is 56.2 Å². The van der Waals surface area contributed by atoms with Crippen molar-refractivity contribution in [1.29, 1.82) is 0 Å². The Labute approximate surface area is 240 Å². The largest absolute Gasteiger partial charge is 0.416 e. The van der Waals surface area contributed by atoms with E-state index in [4.69, 9.17) is 16.3 Å². The number of nitrogens with zero attached hydrogens (tertiary/aromatic N) is 4. The predicted molar refractivity (Wildman–Crippen MR) is 150 cm³/mol. The average Bonchev–Trinajstić information content (AvgIpc) is 2.94. The molecule has 1 aromatic heterocycles. The summed E-state index contributed by atoms with van der Waals surface area (Å²) in [6, 6.07) is 6.63. The molecule has 1 N–H and O–H groups in total. The zero-order chi connectivity index (χ0) is 29.4.